The molecule has 92 valence electrons. The molecule has 3 nitrogen and oxygen atoms in total. The van der Waals surface area contributed by atoms with Gasteiger partial charge in [-0.05, 0) is 25.5 Å². The summed E-state index contributed by atoms with van der Waals surface area (Å²) < 4.78 is 0. The maximum atomic E-state index is 4.52. The minimum absolute atomic E-state index is 0.402. The Hall–Kier alpha value is -1.38. The van der Waals surface area contributed by atoms with Crippen molar-refractivity contribution < 1.29 is 0 Å². The summed E-state index contributed by atoms with van der Waals surface area (Å²) in [5.41, 5.74) is 1.99. The largest absolute Gasteiger partial charge is 0.181 e. The van der Waals surface area contributed by atoms with Crippen LogP contribution in [0.15, 0.2) is 24.3 Å². The lowest BCUT2D eigenvalue weighted by Crippen LogP contribution is -2.08. The standard InChI is InChI=1S/C14H21N3/c1-3-4-5-6-9-12(2)17-15-13-10-7-8-11-14(13)16-17/h7-8,10-12H,3-6,9H2,1-2H3. The van der Waals surface area contributed by atoms with E-state index in [0.29, 0.717) is 6.04 Å². The van der Waals surface area contributed by atoms with E-state index in [0.717, 1.165) is 11.0 Å². The topological polar surface area (TPSA) is 30.7 Å². The Morgan fingerprint density at radius 1 is 1.06 bits per heavy atom. The summed E-state index contributed by atoms with van der Waals surface area (Å²) in [6.45, 7) is 4.44. The Labute approximate surface area is 103 Å². The van der Waals surface area contributed by atoms with Gasteiger partial charge in [0.2, 0.25) is 0 Å². The van der Waals surface area contributed by atoms with Gasteiger partial charge >= 0.3 is 0 Å². The molecule has 3 heteroatoms. The van der Waals surface area contributed by atoms with Gasteiger partial charge in [-0.15, -0.1) is 0 Å². The average molecular weight is 231 g/mol. The predicted octanol–water partition coefficient (Wildman–Crippen LogP) is 3.96. The monoisotopic (exact) mass is 231 g/mol. The maximum absolute atomic E-state index is 4.52. The Balaban J connectivity index is 1.96. The van der Waals surface area contributed by atoms with Gasteiger partial charge in [0, 0.05) is 0 Å². The Morgan fingerprint density at radius 2 is 1.71 bits per heavy atom. The van der Waals surface area contributed by atoms with Crippen LogP contribution in [0.2, 0.25) is 0 Å². The molecule has 0 saturated carbocycles. The van der Waals surface area contributed by atoms with E-state index in [-0.39, 0.29) is 0 Å². The summed E-state index contributed by atoms with van der Waals surface area (Å²) in [6.07, 6.45) is 6.38. The third-order valence-corrected chi connectivity index (χ3v) is 3.17. The van der Waals surface area contributed by atoms with E-state index in [1.165, 1.54) is 32.1 Å². The predicted molar refractivity (Wildman–Crippen MR) is 71.0 cm³/mol. The average Bonchev–Trinajstić information content (AvgIpc) is 2.78. The van der Waals surface area contributed by atoms with Crippen LogP contribution in [0, 0.1) is 0 Å². The molecule has 0 radical (unpaired) electrons. The molecule has 17 heavy (non-hydrogen) atoms. The van der Waals surface area contributed by atoms with Crippen molar-refractivity contribution in [2.75, 3.05) is 0 Å². The molecular weight excluding hydrogens is 210 g/mol. The first-order valence-electron chi connectivity index (χ1n) is 6.63. The van der Waals surface area contributed by atoms with Gasteiger partial charge in [-0.1, -0.05) is 44.7 Å². The van der Waals surface area contributed by atoms with Crippen LogP contribution < -0.4 is 0 Å². The molecule has 0 aliphatic heterocycles. The van der Waals surface area contributed by atoms with Gasteiger partial charge < -0.3 is 0 Å². The first-order valence-corrected chi connectivity index (χ1v) is 6.63. The molecule has 0 N–H and O–H groups in total. The van der Waals surface area contributed by atoms with E-state index < -0.39 is 0 Å². The summed E-state index contributed by atoms with van der Waals surface area (Å²) in [7, 11) is 0. The molecule has 1 aromatic heterocycles. The second-order valence-electron chi connectivity index (χ2n) is 4.71. The highest BCUT2D eigenvalue weighted by atomic mass is 15.5. The van der Waals surface area contributed by atoms with Crippen molar-refractivity contribution in [1.29, 1.82) is 0 Å². The molecule has 2 aromatic rings. The number of nitrogens with zero attached hydrogens (tertiary/aromatic N) is 3. The maximum Gasteiger partial charge on any atom is 0.113 e. The minimum atomic E-state index is 0.402. The van der Waals surface area contributed by atoms with E-state index in [1.807, 2.05) is 29.1 Å². The minimum Gasteiger partial charge on any atom is -0.181 e. The zero-order valence-electron chi connectivity index (χ0n) is 10.8. The number of fused-ring (bicyclic) bond motifs is 1. The van der Waals surface area contributed by atoms with Crippen molar-refractivity contribution in [1.82, 2.24) is 15.0 Å². The number of aromatic nitrogens is 3. The molecule has 1 atom stereocenters. The van der Waals surface area contributed by atoms with E-state index >= 15 is 0 Å². The summed E-state index contributed by atoms with van der Waals surface area (Å²) >= 11 is 0. The quantitative estimate of drug-likeness (QED) is 0.704. The van der Waals surface area contributed by atoms with Crippen molar-refractivity contribution >= 4 is 11.0 Å². The van der Waals surface area contributed by atoms with Crippen LogP contribution in [0.3, 0.4) is 0 Å². The summed E-state index contributed by atoms with van der Waals surface area (Å²) in [6, 6.07) is 8.45. The molecule has 1 unspecified atom stereocenters. The molecule has 1 aromatic carbocycles. The fraction of sp³-hybridized carbons (Fsp3) is 0.571. The summed E-state index contributed by atoms with van der Waals surface area (Å²) in [5, 5.41) is 9.03. The SMILES string of the molecule is CCCCCCC(C)n1nc2ccccc2n1. The van der Waals surface area contributed by atoms with Crippen molar-refractivity contribution in [3.63, 3.8) is 0 Å². The van der Waals surface area contributed by atoms with Gasteiger partial charge in [0.15, 0.2) is 0 Å². The highest BCUT2D eigenvalue weighted by Crippen LogP contribution is 2.16. The van der Waals surface area contributed by atoms with Crippen molar-refractivity contribution in [3.8, 4) is 0 Å². The van der Waals surface area contributed by atoms with Gasteiger partial charge in [0.1, 0.15) is 11.0 Å². The van der Waals surface area contributed by atoms with Gasteiger partial charge in [-0.25, -0.2) is 0 Å². The zero-order valence-corrected chi connectivity index (χ0v) is 10.8. The molecule has 0 spiro atoms. The van der Waals surface area contributed by atoms with Gasteiger partial charge in [0.05, 0.1) is 6.04 Å². The highest BCUT2D eigenvalue weighted by molar-refractivity contribution is 5.72. The lowest BCUT2D eigenvalue weighted by molar-refractivity contribution is 0.397. The molecule has 0 fully saturated rings. The third-order valence-electron chi connectivity index (χ3n) is 3.17. The van der Waals surface area contributed by atoms with Crippen molar-refractivity contribution in [2.45, 2.75) is 52.0 Å². The zero-order chi connectivity index (χ0) is 12.1. The van der Waals surface area contributed by atoms with Gasteiger partial charge in [-0.2, -0.15) is 15.0 Å². The third kappa shape index (κ3) is 3.05. The van der Waals surface area contributed by atoms with E-state index in [1.54, 1.807) is 0 Å². The first-order chi connectivity index (χ1) is 8.31. The second kappa shape index (κ2) is 5.80. The number of hydrogen-bond acceptors (Lipinski definition) is 2. The molecule has 0 bridgehead atoms. The first kappa shape index (κ1) is 12.1. The molecule has 0 saturated heterocycles. The summed E-state index contributed by atoms with van der Waals surface area (Å²) in [5.74, 6) is 0. The van der Waals surface area contributed by atoms with E-state index in [4.69, 9.17) is 0 Å². The number of rotatable bonds is 6. The van der Waals surface area contributed by atoms with Crippen LogP contribution in [0.1, 0.15) is 52.0 Å². The van der Waals surface area contributed by atoms with Crippen molar-refractivity contribution in [3.05, 3.63) is 24.3 Å². The fourth-order valence-electron chi connectivity index (χ4n) is 2.06. The number of hydrogen-bond donors (Lipinski definition) is 0. The van der Waals surface area contributed by atoms with Crippen LogP contribution in [-0.4, -0.2) is 15.0 Å². The highest BCUT2D eigenvalue weighted by Gasteiger charge is 2.08. The van der Waals surface area contributed by atoms with Crippen LogP contribution in [0.25, 0.3) is 11.0 Å². The lowest BCUT2D eigenvalue weighted by Gasteiger charge is -2.09. The molecule has 0 amide bonds. The van der Waals surface area contributed by atoms with Crippen molar-refractivity contribution in [2.24, 2.45) is 0 Å². The fourth-order valence-corrected chi connectivity index (χ4v) is 2.06. The Morgan fingerprint density at radius 3 is 2.29 bits per heavy atom. The van der Waals surface area contributed by atoms with Crippen LogP contribution in [-0.2, 0) is 0 Å². The van der Waals surface area contributed by atoms with E-state index in [2.05, 4.69) is 24.0 Å². The van der Waals surface area contributed by atoms with E-state index in [9.17, 15) is 0 Å². The molecule has 2 rings (SSSR count). The molecule has 1 heterocycles. The van der Waals surface area contributed by atoms with Gasteiger partial charge in [0.25, 0.3) is 0 Å². The van der Waals surface area contributed by atoms with Gasteiger partial charge in [-0.3, -0.25) is 0 Å². The molecule has 0 aliphatic rings. The molecule has 0 aliphatic carbocycles. The van der Waals surface area contributed by atoms with Crippen LogP contribution in [0.4, 0.5) is 0 Å². The summed E-state index contributed by atoms with van der Waals surface area (Å²) in [4.78, 5) is 1.87. The Kier molecular flexibility index (Phi) is 4.13. The lowest BCUT2D eigenvalue weighted by atomic mass is 10.1. The normalized spacial score (nSPS) is 13.1. The molecular formula is C14H21N3. The van der Waals surface area contributed by atoms with Crippen LogP contribution >= 0.6 is 0 Å². The smallest absolute Gasteiger partial charge is 0.113 e. The van der Waals surface area contributed by atoms with Crippen LogP contribution in [0.5, 0.6) is 0 Å². The number of benzene rings is 1. The second-order valence-corrected chi connectivity index (χ2v) is 4.71. The number of unbranched alkanes of at least 4 members (excludes halogenated alkanes) is 3. The Bertz CT molecular complexity index is 428.